The molecule has 1 heterocycles. The van der Waals surface area contributed by atoms with E-state index >= 15 is 0 Å². The average molecular weight is 298 g/mol. The summed E-state index contributed by atoms with van der Waals surface area (Å²) in [5.74, 6) is -1.10. The molecule has 0 N–H and O–H groups in total. The van der Waals surface area contributed by atoms with E-state index in [2.05, 4.69) is 10.3 Å². The van der Waals surface area contributed by atoms with Crippen molar-refractivity contribution in [3.8, 4) is 0 Å². The van der Waals surface area contributed by atoms with E-state index in [-0.39, 0.29) is 5.01 Å². The number of aliphatic imine (C=N–C) groups is 1. The lowest BCUT2D eigenvalue weighted by Crippen LogP contribution is -2.58. The molecule has 19 heavy (non-hydrogen) atoms. The molecule has 0 spiro atoms. The minimum absolute atomic E-state index is 0.0743. The van der Waals surface area contributed by atoms with Crippen LogP contribution < -0.4 is 0 Å². The zero-order valence-corrected chi connectivity index (χ0v) is 9.54. The van der Waals surface area contributed by atoms with Crippen molar-refractivity contribution >= 4 is 17.4 Å². The molecular formula is C4H4ClN7O7. The fourth-order valence-corrected chi connectivity index (χ4v) is 1.32. The van der Waals surface area contributed by atoms with Gasteiger partial charge in [-0.3, -0.25) is 20.2 Å². The Balaban J connectivity index is 3.24. The van der Waals surface area contributed by atoms with Gasteiger partial charge in [0.1, 0.15) is 9.85 Å². The smallest absolute Gasteiger partial charge is 0.257 e. The van der Waals surface area contributed by atoms with Crippen LogP contribution in [0.15, 0.2) is 10.3 Å². The number of rotatable bonds is 5. The lowest BCUT2D eigenvalue weighted by molar-refractivity contribution is -0.744. The van der Waals surface area contributed by atoms with Crippen molar-refractivity contribution in [3.63, 3.8) is 0 Å². The number of nitro groups is 3. The minimum atomic E-state index is -3.43. The summed E-state index contributed by atoms with van der Waals surface area (Å²) in [4.78, 5) is 42.5. The molecule has 0 radical (unpaired) electrons. The first-order valence-corrected chi connectivity index (χ1v) is 4.65. The molecule has 0 saturated carbocycles. The number of hydrazine groups is 1. The number of nitrogens with zero attached hydrogens (tertiary/aromatic N) is 7. The summed E-state index contributed by atoms with van der Waals surface area (Å²) in [6, 6.07) is 0. The highest BCUT2D eigenvalue weighted by molar-refractivity contribution is 6.32. The molecule has 0 saturated heterocycles. The molecule has 0 aliphatic carbocycles. The Bertz CT molecular complexity index is 464. The van der Waals surface area contributed by atoms with E-state index in [1.54, 1.807) is 0 Å². The molecule has 0 bridgehead atoms. The number of halogens is 1. The van der Waals surface area contributed by atoms with E-state index in [9.17, 15) is 35.3 Å². The zero-order valence-electron chi connectivity index (χ0n) is 8.78. The van der Waals surface area contributed by atoms with Crippen LogP contribution in [0.5, 0.6) is 0 Å². The molecule has 1 aliphatic rings. The van der Waals surface area contributed by atoms with Gasteiger partial charge in [0, 0.05) is 0 Å². The molecule has 1 aliphatic heterocycles. The highest BCUT2D eigenvalue weighted by atomic mass is 35.5. The quantitative estimate of drug-likeness (QED) is 0.157. The minimum Gasteiger partial charge on any atom is -0.257 e. The van der Waals surface area contributed by atoms with Crippen molar-refractivity contribution in [2.24, 2.45) is 10.3 Å². The Labute approximate surface area is 107 Å². The van der Waals surface area contributed by atoms with Crippen molar-refractivity contribution in [2.75, 3.05) is 13.3 Å². The van der Waals surface area contributed by atoms with Crippen LogP contribution in [0.2, 0.25) is 0 Å². The Hall–Kier alpha value is -2.64. The number of hydrogen-bond donors (Lipinski definition) is 0. The van der Waals surface area contributed by atoms with Crippen LogP contribution in [0.3, 0.4) is 0 Å². The molecule has 1 rings (SSSR count). The van der Waals surface area contributed by atoms with Crippen LogP contribution in [0, 0.1) is 35.3 Å². The molecular weight excluding hydrogens is 294 g/mol. The Morgan fingerprint density at radius 1 is 1.26 bits per heavy atom. The van der Waals surface area contributed by atoms with E-state index < -0.39 is 39.2 Å². The maximum Gasteiger partial charge on any atom is 0.597 e. The van der Waals surface area contributed by atoms with Crippen molar-refractivity contribution in [3.05, 3.63) is 35.3 Å². The first-order chi connectivity index (χ1) is 8.75. The van der Waals surface area contributed by atoms with Crippen LogP contribution in [-0.4, -0.2) is 49.2 Å². The van der Waals surface area contributed by atoms with Gasteiger partial charge >= 0.3 is 11.0 Å². The lowest BCUT2D eigenvalue weighted by atomic mass is 10.4. The second-order valence-electron chi connectivity index (χ2n) is 3.09. The van der Waals surface area contributed by atoms with Gasteiger partial charge in [-0.25, -0.2) is 15.1 Å². The van der Waals surface area contributed by atoms with Gasteiger partial charge in [-0.15, -0.1) is 4.91 Å². The van der Waals surface area contributed by atoms with Gasteiger partial charge in [-0.05, 0) is 0 Å². The number of hydrogen-bond acceptors (Lipinski definition) is 9. The molecule has 0 aromatic carbocycles. The predicted octanol–water partition coefficient (Wildman–Crippen LogP) is -0.763. The highest BCUT2D eigenvalue weighted by Crippen LogP contribution is 2.24. The monoisotopic (exact) mass is 297 g/mol. The molecule has 14 nitrogen and oxygen atoms in total. The van der Waals surface area contributed by atoms with Crippen LogP contribution in [0.4, 0.5) is 0 Å². The summed E-state index contributed by atoms with van der Waals surface area (Å²) in [5, 5.41) is 30.0. The van der Waals surface area contributed by atoms with Crippen LogP contribution in [-0.2, 0) is 0 Å². The molecule has 0 amide bonds. The second-order valence-corrected chi connectivity index (χ2v) is 3.62. The fourth-order valence-electron chi connectivity index (χ4n) is 1.16. The molecule has 0 unspecified atom stereocenters. The first kappa shape index (κ1) is 14.4. The molecule has 15 heteroatoms. The Morgan fingerprint density at radius 2 is 1.79 bits per heavy atom. The summed E-state index contributed by atoms with van der Waals surface area (Å²) in [6.45, 7) is -1.60. The van der Waals surface area contributed by atoms with Gasteiger partial charge < -0.3 is 0 Å². The zero-order chi connectivity index (χ0) is 14.8. The Kier molecular flexibility index (Phi) is 3.74. The van der Waals surface area contributed by atoms with E-state index in [0.717, 1.165) is 0 Å². The molecule has 0 atom stereocenters. The van der Waals surface area contributed by atoms with Crippen LogP contribution in [0.25, 0.3) is 0 Å². The second kappa shape index (κ2) is 4.92. The molecule has 0 aromatic heterocycles. The number of nitroso groups, excluding NO2 is 1. The van der Waals surface area contributed by atoms with Crippen molar-refractivity contribution in [1.29, 1.82) is 0 Å². The van der Waals surface area contributed by atoms with Crippen molar-refractivity contribution < 1.29 is 14.9 Å². The van der Waals surface area contributed by atoms with Crippen molar-refractivity contribution in [1.82, 2.24) is 10.0 Å². The third-order valence-corrected chi connectivity index (χ3v) is 2.47. The average Bonchev–Trinajstić information content (AvgIpc) is 2.36. The summed E-state index contributed by atoms with van der Waals surface area (Å²) in [6.07, 6.45) is 0. The normalized spacial score (nSPS) is 15.7. The Morgan fingerprint density at radius 3 is 2.16 bits per heavy atom. The maximum atomic E-state index is 10.7. The van der Waals surface area contributed by atoms with Gasteiger partial charge in [0.05, 0.1) is 16.9 Å². The third kappa shape index (κ3) is 2.32. The standard InChI is InChI=1S/C4H4ClN7O7/c5-4(10(14)15,11(16)17)3-6-1-8(12(18)19)2-9(3)7-13/h1-2H2. The lowest BCUT2D eigenvalue weighted by Gasteiger charge is -2.25. The summed E-state index contributed by atoms with van der Waals surface area (Å²) in [5.41, 5.74) is 0. The summed E-state index contributed by atoms with van der Waals surface area (Å²) >= 11 is 5.23. The van der Waals surface area contributed by atoms with E-state index in [1.807, 2.05) is 0 Å². The molecule has 0 aromatic rings. The van der Waals surface area contributed by atoms with Crippen LogP contribution >= 0.6 is 11.6 Å². The largest absolute Gasteiger partial charge is 0.597 e. The van der Waals surface area contributed by atoms with Gasteiger partial charge in [-0.2, -0.15) is 5.01 Å². The fraction of sp³-hybridized carbons (Fsp3) is 0.750. The molecule has 104 valence electrons. The van der Waals surface area contributed by atoms with Crippen molar-refractivity contribution in [2.45, 2.75) is 5.12 Å². The number of amidine groups is 1. The van der Waals surface area contributed by atoms with E-state index in [4.69, 9.17) is 11.6 Å². The van der Waals surface area contributed by atoms with E-state index in [1.165, 1.54) is 0 Å². The summed E-state index contributed by atoms with van der Waals surface area (Å²) < 4.78 is 0. The van der Waals surface area contributed by atoms with Gasteiger partial charge in [-0.1, -0.05) is 5.01 Å². The number of alkyl halides is 1. The highest BCUT2D eigenvalue weighted by Gasteiger charge is 2.64. The van der Waals surface area contributed by atoms with Gasteiger partial charge in [0.15, 0.2) is 18.4 Å². The molecule has 0 fully saturated rings. The summed E-state index contributed by atoms with van der Waals surface area (Å²) in [7, 11) is 0. The van der Waals surface area contributed by atoms with Crippen LogP contribution in [0.1, 0.15) is 0 Å². The maximum absolute atomic E-state index is 10.7. The SMILES string of the molecule is O=NN1CN([N+](=O)[O-])CN=C1C(Cl)([N+](=O)[O-])[N+](=O)[O-]. The van der Waals surface area contributed by atoms with E-state index in [0.29, 0.717) is 5.01 Å². The van der Waals surface area contributed by atoms with Gasteiger partial charge in [0.2, 0.25) is 0 Å². The first-order valence-electron chi connectivity index (χ1n) is 4.28. The van der Waals surface area contributed by atoms with Gasteiger partial charge in [0.25, 0.3) is 0 Å². The topological polar surface area (TPSA) is 178 Å². The predicted molar refractivity (Wildman–Crippen MR) is 56.2 cm³/mol. The third-order valence-electron chi connectivity index (χ3n) is 2.02.